The molecule has 1 atom stereocenters. The molecule has 1 amide bonds. The van der Waals surface area contributed by atoms with E-state index in [9.17, 15) is 4.79 Å². The number of carbonyl (C=O) groups excluding carboxylic acids is 1. The van der Waals surface area contributed by atoms with Crippen molar-refractivity contribution in [1.82, 2.24) is 10.2 Å². The molecule has 1 fully saturated rings. The molecule has 0 aliphatic carbocycles. The third-order valence-electron chi connectivity index (χ3n) is 4.68. The summed E-state index contributed by atoms with van der Waals surface area (Å²) in [5.74, 6) is 1.91. The van der Waals surface area contributed by atoms with Crippen molar-refractivity contribution < 1.29 is 14.3 Å². The Morgan fingerprint density at radius 3 is 2.59 bits per heavy atom. The van der Waals surface area contributed by atoms with E-state index >= 15 is 0 Å². The predicted molar refractivity (Wildman–Crippen MR) is 84.3 cm³/mol. The highest BCUT2D eigenvalue weighted by atomic mass is 16.5. The first-order valence-electron chi connectivity index (χ1n) is 7.96. The number of hydrogen-bond acceptors (Lipinski definition) is 4. The molecule has 2 heterocycles. The SMILES string of the molecule is COc1cc2c(cc1OC)CN(C(=O)C1CCCNC1)CC2. The summed E-state index contributed by atoms with van der Waals surface area (Å²) >= 11 is 0. The number of nitrogens with zero attached hydrogens (tertiary/aromatic N) is 1. The summed E-state index contributed by atoms with van der Waals surface area (Å²) in [5, 5.41) is 3.32. The molecule has 1 aromatic carbocycles. The van der Waals surface area contributed by atoms with E-state index in [4.69, 9.17) is 9.47 Å². The fourth-order valence-electron chi connectivity index (χ4n) is 3.39. The molecule has 0 radical (unpaired) electrons. The van der Waals surface area contributed by atoms with Crippen molar-refractivity contribution in [3.63, 3.8) is 0 Å². The highest BCUT2D eigenvalue weighted by molar-refractivity contribution is 5.79. The standard InChI is InChI=1S/C17H24N2O3/c1-21-15-8-12-5-7-19(11-14(12)9-16(15)22-2)17(20)13-4-3-6-18-10-13/h8-9,13,18H,3-7,10-11H2,1-2H3. The lowest BCUT2D eigenvalue weighted by atomic mass is 9.94. The van der Waals surface area contributed by atoms with Crippen molar-refractivity contribution >= 4 is 5.91 Å². The molecular formula is C17H24N2O3. The molecule has 1 saturated heterocycles. The molecular weight excluding hydrogens is 280 g/mol. The number of hydrogen-bond donors (Lipinski definition) is 1. The van der Waals surface area contributed by atoms with E-state index in [-0.39, 0.29) is 11.8 Å². The van der Waals surface area contributed by atoms with Gasteiger partial charge in [-0.2, -0.15) is 0 Å². The van der Waals surface area contributed by atoms with Crippen LogP contribution in [-0.4, -0.2) is 44.7 Å². The molecule has 1 aromatic rings. The largest absolute Gasteiger partial charge is 0.493 e. The van der Waals surface area contributed by atoms with Crippen LogP contribution in [0.3, 0.4) is 0 Å². The van der Waals surface area contributed by atoms with Crippen molar-refractivity contribution in [2.24, 2.45) is 5.92 Å². The van der Waals surface area contributed by atoms with Crippen LogP contribution in [0.4, 0.5) is 0 Å². The summed E-state index contributed by atoms with van der Waals surface area (Å²) in [7, 11) is 3.29. The van der Waals surface area contributed by atoms with Crippen LogP contribution in [-0.2, 0) is 17.8 Å². The molecule has 2 aliphatic rings. The van der Waals surface area contributed by atoms with Gasteiger partial charge in [-0.3, -0.25) is 4.79 Å². The molecule has 5 heteroatoms. The molecule has 1 N–H and O–H groups in total. The summed E-state index contributed by atoms with van der Waals surface area (Å²) in [4.78, 5) is 14.7. The van der Waals surface area contributed by atoms with Gasteiger partial charge in [0.1, 0.15) is 0 Å². The molecule has 22 heavy (non-hydrogen) atoms. The summed E-state index contributed by atoms with van der Waals surface area (Å²) in [6, 6.07) is 4.05. The number of nitrogens with one attached hydrogen (secondary N) is 1. The number of benzene rings is 1. The molecule has 1 unspecified atom stereocenters. The van der Waals surface area contributed by atoms with Crippen LogP contribution in [0.1, 0.15) is 24.0 Å². The summed E-state index contributed by atoms with van der Waals surface area (Å²) < 4.78 is 10.7. The van der Waals surface area contributed by atoms with Gasteiger partial charge in [0, 0.05) is 19.6 Å². The van der Waals surface area contributed by atoms with Gasteiger partial charge in [0.25, 0.3) is 0 Å². The van der Waals surface area contributed by atoms with Gasteiger partial charge in [0.15, 0.2) is 11.5 Å². The third kappa shape index (κ3) is 2.90. The van der Waals surface area contributed by atoms with Gasteiger partial charge in [-0.25, -0.2) is 0 Å². The summed E-state index contributed by atoms with van der Waals surface area (Å²) in [5.41, 5.74) is 2.42. The number of piperidine rings is 1. The van der Waals surface area contributed by atoms with E-state index < -0.39 is 0 Å². The van der Waals surface area contributed by atoms with Crippen LogP contribution in [0.15, 0.2) is 12.1 Å². The topological polar surface area (TPSA) is 50.8 Å². The molecule has 0 aromatic heterocycles. The zero-order valence-corrected chi connectivity index (χ0v) is 13.4. The smallest absolute Gasteiger partial charge is 0.227 e. The van der Waals surface area contributed by atoms with Crippen molar-refractivity contribution in [3.8, 4) is 11.5 Å². The van der Waals surface area contributed by atoms with E-state index in [0.29, 0.717) is 6.54 Å². The summed E-state index contributed by atoms with van der Waals surface area (Å²) in [6.45, 7) is 3.31. The fraction of sp³-hybridized carbons (Fsp3) is 0.588. The highest BCUT2D eigenvalue weighted by Gasteiger charge is 2.29. The van der Waals surface area contributed by atoms with Crippen LogP contribution >= 0.6 is 0 Å². The van der Waals surface area contributed by atoms with Crippen molar-refractivity contribution in [2.45, 2.75) is 25.8 Å². The van der Waals surface area contributed by atoms with Crippen LogP contribution in [0, 0.1) is 5.92 Å². The molecule has 3 rings (SSSR count). The molecule has 0 spiro atoms. The van der Waals surface area contributed by atoms with Gasteiger partial charge in [0.05, 0.1) is 20.1 Å². The van der Waals surface area contributed by atoms with E-state index in [1.807, 2.05) is 17.0 Å². The van der Waals surface area contributed by atoms with E-state index in [1.165, 1.54) is 11.1 Å². The normalized spacial score (nSPS) is 21.2. The minimum Gasteiger partial charge on any atom is -0.493 e. The Morgan fingerprint density at radius 2 is 1.95 bits per heavy atom. The number of rotatable bonds is 3. The molecule has 2 aliphatic heterocycles. The first-order valence-corrected chi connectivity index (χ1v) is 7.96. The Labute approximate surface area is 131 Å². The molecule has 0 saturated carbocycles. The number of fused-ring (bicyclic) bond motifs is 1. The molecule has 120 valence electrons. The lowest BCUT2D eigenvalue weighted by molar-refractivity contribution is -0.137. The second kappa shape index (κ2) is 6.57. The van der Waals surface area contributed by atoms with Crippen molar-refractivity contribution in [1.29, 1.82) is 0 Å². The van der Waals surface area contributed by atoms with Gasteiger partial charge in [-0.05, 0) is 49.1 Å². The van der Waals surface area contributed by atoms with Gasteiger partial charge < -0.3 is 19.7 Å². The zero-order chi connectivity index (χ0) is 15.5. The van der Waals surface area contributed by atoms with Crippen LogP contribution < -0.4 is 14.8 Å². The predicted octanol–water partition coefficient (Wildman–Crippen LogP) is 1.59. The Balaban J connectivity index is 1.76. The maximum Gasteiger partial charge on any atom is 0.227 e. The Morgan fingerprint density at radius 1 is 1.23 bits per heavy atom. The van der Waals surface area contributed by atoms with Gasteiger partial charge in [-0.1, -0.05) is 0 Å². The quantitative estimate of drug-likeness (QED) is 0.921. The average Bonchev–Trinajstić information content (AvgIpc) is 2.60. The Kier molecular flexibility index (Phi) is 4.52. The second-order valence-corrected chi connectivity index (χ2v) is 6.03. The summed E-state index contributed by atoms with van der Waals surface area (Å²) in [6.07, 6.45) is 2.97. The maximum atomic E-state index is 12.7. The van der Waals surface area contributed by atoms with Crippen LogP contribution in [0.5, 0.6) is 11.5 Å². The Bertz CT molecular complexity index is 553. The van der Waals surface area contributed by atoms with E-state index in [1.54, 1.807) is 14.2 Å². The monoisotopic (exact) mass is 304 g/mol. The number of ether oxygens (including phenoxy) is 2. The maximum absolute atomic E-state index is 12.7. The van der Waals surface area contributed by atoms with Gasteiger partial charge in [-0.15, -0.1) is 0 Å². The molecule has 5 nitrogen and oxygen atoms in total. The molecule has 0 bridgehead atoms. The number of methoxy groups -OCH3 is 2. The van der Waals surface area contributed by atoms with Gasteiger partial charge in [0.2, 0.25) is 5.91 Å². The first kappa shape index (κ1) is 15.2. The van der Waals surface area contributed by atoms with Crippen molar-refractivity contribution in [2.75, 3.05) is 33.9 Å². The van der Waals surface area contributed by atoms with E-state index in [2.05, 4.69) is 5.32 Å². The zero-order valence-electron chi connectivity index (χ0n) is 13.4. The minimum atomic E-state index is 0.135. The van der Waals surface area contributed by atoms with E-state index in [0.717, 1.165) is 50.4 Å². The van der Waals surface area contributed by atoms with Gasteiger partial charge >= 0.3 is 0 Å². The highest BCUT2D eigenvalue weighted by Crippen LogP contribution is 2.33. The van der Waals surface area contributed by atoms with Crippen LogP contribution in [0.2, 0.25) is 0 Å². The average molecular weight is 304 g/mol. The van der Waals surface area contributed by atoms with Crippen molar-refractivity contribution in [3.05, 3.63) is 23.3 Å². The second-order valence-electron chi connectivity index (χ2n) is 6.03. The lowest BCUT2D eigenvalue weighted by Crippen LogP contribution is -2.44. The lowest BCUT2D eigenvalue weighted by Gasteiger charge is -2.33. The number of carbonyl (C=O) groups is 1. The fourth-order valence-corrected chi connectivity index (χ4v) is 3.39. The third-order valence-corrected chi connectivity index (χ3v) is 4.68. The van der Waals surface area contributed by atoms with Crippen LogP contribution in [0.25, 0.3) is 0 Å². The first-order chi connectivity index (χ1) is 10.7. The number of amides is 1. The Hall–Kier alpha value is -1.75. The minimum absolute atomic E-state index is 0.135.